The molecular weight excluding hydrogens is 1120 g/mol. The molecule has 0 amide bonds. The van der Waals surface area contributed by atoms with Crippen molar-refractivity contribution in [3.8, 4) is 33.4 Å². The maximum atomic E-state index is 12.3. The van der Waals surface area contributed by atoms with Crippen molar-refractivity contribution in [2.24, 2.45) is 0 Å². The number of benzene rings is 6. The van der Waals surface area contributed by atoms with E-state index in [-0.39, 0.29) is 11.9 Å². The molecule has 0 bridgehead atoms. The summed E-state index contributed by atoms with van der Waals surface area (Å²) in [6.07, 6.45) is 19.2. The molecule has 10 aromatic rings. The number of carbonyl (C=O) groups is 2. The summed E-state index contributed by atoms with van der Waals surface area (Å²) in [4.78, 5) is 38.7. The van der Waals surface area contributed by atoms with Crippen LogP contribution in [0, 0.1) is 0 Å². The number of rotatable bonds is 8. The van der Waals surface area contributed by atoms with Gasteiger partial charge in [-0.2, -0.15) is 10.2 Å². The van der Waals surface area contributed by atoms with Crippen LogP contribution in [-0.2, 0) is 18.8 Å². The molecule has 3 saturated heterocycles. The summed E-state index contributed by atoms with van der Waals surface area (Å²) in [5.74, 6) is -0.692. The van der Waals surface area contributed by atoms with Crippen molar-refractivity contribution in [3.63, 3.8) is 0 Å². The highest BCUT2D eigenvalue weighted by atomic mass is 79.9. The predicted octanol–water partition coefficient (Wildman–Crippen LogP) is 14.6. The molecule has 0 saturated carbocycles. The molecule has 13 rings (SSSR count). The van der Waals surface area contributed by atoms with Gasteiger partial charge in [-0.15, -0.1) is 0 Å². The van der Waals surface area contributed by atoms with Crippen molar-refractivity contribution in [2.45, 2.75) is 129 Å². The van der Waals surface area contributed by atoms with Crippen LogP contribution in [0.15, 0.2) is 163 Å². The first kappa shape index (κ1) is 57.9. The molecule has 430 valence electrons. The third-order valence-corrected chi connectivity index (χ3v) is 18.1. The molecule has 6 aromatic carbocycles. The van der Waals surface area contributed by atoms with Crippen molar-refractivity contribution < 1.29 is 28.4 Å². The molecule has 14 nitrogen and oxygen atoms in total. The van der Waals surface area contributed by atoms with Crippen molar-refractivity contribution in [2.75, 3.05) is 24.0 Å². The Morgan fingerprint density at radius 2 is 0.940 bits per heavy atom. The van der Waals surface area contributed by atoms with Gasteiger partial charge in [0.05, 0.1) is 53.4 Å². The molecule has 7 heterocycles. The minimum Gasteiger partial charge on any atom is -0.465 e. The van der Waals surface area contributed by atoms with Crippen molar-refractivity contribution in [1.82, 2.24) is 29.2 Å². The maximum absolute atomic E-state index is 12.3. The Balaban J connectivity index is 0.000000137. The maximum Gasteiger partial charge on any atom is 0.495 e. The van der Waals surface area contributed by atoms with Gasteiger partial charge in [0.25, 0.3) is 0 Å². The number of ether oxygens (including phenoxy) is 2. The minimum atomic E-state index is -0.461. The minimum absolute atomic E-state index is 0.346. The third-order valence-electron chi connectivity index (χ3n) is 17.5. The van der Waals surface area contributed by atoms with E-state index in [1.54, 1.807) is 18.3 Å². The van der Waals surface area contributed by atoms with Crippen LogP contribution >= 0.6 is 15.9 Å². The molecule has 16 heteroatoms. The van der Waals surface area contributed by atoms with E-state index in [1.165, 1.54) is 64.1 Å². The quantitative estimate of drug-likeness (QED) is 0.106. The Morgan fingerprint density at radius 1 is 0.512 bits per heavy atom. The van der Waals surface area contributed by atoms with Crippen molar-refractivity contribution >= 4 is 84.7 Å². The first-order valence-electron chi connectivity index (χ1n) is 29.1. The summed E-state index contributed by atoms with van der Waals surface area (Å²) in [5.41, 5.74) is 11.7. The summed E-state index contributed by atoms with van der Waals surface area (Å²) < 4.78 is 26.7. The smallest absolute Gasteiger partial charge is 0.465 e. The Bertz CT molecular complexity index is 4000. The number of halogens is 1. The monoisotopic (exact) mass is 1190 g/mol. The van der Waals surface area contributed by atoms with E-state index in [1.807, 2.05) is 128 Å². The second-order valence-corrected chi connectivity index (χ2v) is 24.3. The zero-order valence-electron chi connectivity index (χ0n) is 49.5. The number of hydrogen-bond acceptors (Lipinski definition) is 12. The first-order chi connectivity index (χ1) is 40.4. The van der Waals surface area contributed by atoms with Crippen molar-refractivity contribution in [1.29, 1.82) is 0 Å². The average Bonchev–Trinajstić information content (AvgIpc) is 3.60. The van der Waals surface area contributed by atoms with E-state index < -0.39 is 18.3 Å². The van der Waals surface area contributed by atoms with Gasteiger partial charge >= 0.3 is 19.1 Å². The second kappa shape index (κ2) is 24.0. The number of aromatic nitrogens is 6. The Kier molecular flexibility index (Phi) is 16.5. The van der Waals surface area contributed by atoms with E-state index in [4.69, 9.17) is 23.8 Å². The number of piperidine rings is 2. The third kappa shape index (κ3) is 11.3. The number of methoxy groups -OCH3 is 2. The Labute approximate surface area is 500 Å². The van der Waals surface area contributed by atoms with Gasteiger partial charge in [0.1, 0.15) is 0 Å². The van der Waals surface area contributed by atoms with Crippen molar-refractivity contribution in [3.05, 3.63) is 174 Å². The van der Waals surface area contributed by atoms with E-state index in [0.717, 1.165) is 76.2 Å². The van der Waals surface area contributed by atoms with E-state index in [0.29, 0.717) is 35.3 Å². The summed E-state index contributed by atoms with van der Waals surface area (Å²) >= 11 is 3.46. The fourth-order valence-corrected chi connectivity index (χ4v) is 12.7. The van der Waals surface area contributed by atoms with E-state index in [9.17, 15) is 9.59 Å². The lowest BCUT2D eigenvalue weighted by atomic mass is 9.75. The lowest BCUT2D eigenvalue weighted by molar-refractivity contribution is 0.00578. The predicted molar refractivity (Wildman–Crippen MR) is 340 cm³/mol. The van der Waals surface area contributed by atoms with Gasteiger partial charge in [0, 0.05) is 77.0 Å². The standard InChI is InChI=1S/C31H30N4O2.C19H21BrN4.C18H21BO4/c1-20-7-4-8-21(2)35(20)24-15-13-22(14-16-24)23-17-32-30-29(18-33-34(30)19-23)27-11-5-10-26-25(27)9-6-12-28(26)31(36)37-3;1-13-4-3-5-14(2)24(13)17-8-6-15(7-9-17)16-10-21-19-18(20)11-22-23(19)12-16;1-17(2)18(3,4)23-19(22-17)15-11-7-8-12-13(15)9-6-10-14(12)16(20)21-5/h5-6,9-21H,4,7-8H2,1-3H3;6-14H,3-5H2,1-2H3;6-11H,1-5H3/t20-,21+;13-,14+;. The molecule has 84 heavy (non-hydrogen) atoms. The van der Waals surface area contributed by atoms with Gasteiger partial charge in [0.2, 0.25) is 0 Å². The molecular formula is C68H72BBrN8O6. The molecule has 0 radical (unpaired) electrons. The summed E-state index contributed by atoms with van der Waals surface area (Å²) in [6.45, 7) is 17.4. The largest absolute Gasteiger partial charge is 0.495 e. The van der Waals surface area contributed by atoms with E-state index in [2.05, 4.69) is 117 Å². The lowest BCUT2D eigenvalue weighted by Crippen LogP contribution is -2.43. The summed E-state index contributed by atoms with van der Waals surface area (Å²) in [6, 6.07) is 43.0. The highest BCUT2D eigenvalue weighted by molar-refractivity contribution is 9.10. The van der Waals surface area contributed by atoms with Crippen LogP contribution in [0.5, 0.6) is 0 Å². The van der Waals surface area contributed by atoms with Crippen LogP contribution in [0.25, 0.3) is 66.2 Å². The summed E-state index contributed by atoms with van der Waals surface area (Å²) in [7, 11) is 2.33. The van der Waals surface area contributed by atoms with Gasteiger partial charge in [-0.1, -0.05) is 84.9 Å². The highest BCUT2D eigenvalue weighted by Crippen LogP contribution is 2.39. The Morgan fingerprint density at radius 3 is 1.45 bits per heavy atom. The molecule has 3 aliphatic heterocycles. The number of hydrogen-bond donors (Lipinski definition) is 0. The molecule has 4 atom stereocenters. The van der Waals surface area contributed by atoms with Gasteiger partial charge in [0.15, 0.2) is 11.3 Å². The van der Waals surface area contributed by atoms with Gasteiger partial charge in [-0.25, -0.2) is 28.6 Å². The lowest BCUT2D eigenvalue weighted by Gasteiger charge is -2.41. The van der Waals surface area contributed by atoms with Crippen LogP contribution in [0.2, 0.25) is 0 Å². The van der Waals surface area contributed by atoms with Gasteiger partial charge < -0.3 is 28.6 Å². The zero-order chi connectivity index (χ0) is 59.0. The molecule has 0 N–H and O–H groups in total. The second-order valence-electron chi connectivity index (χ2n) is 23.5. The molecule has 4 aromatic heterocycles. The molecule has 0 unspecified atom stereocenters. The van der Waals surface area contributed by atoms with Crippen LogP contribution in [-0.4, -0.2) is 97.8 Å². The topological polar surface area (TPSA) is 138 Å². The SMILES string of the molecule is COC(=O)c1cccc2c(-c3cnn4cc(-c5ccc(N6[C@H](C)CCC[C@@H]6C)cc5)cnc34)cccc12.COC(=O)c1cccc2c(B3OC(C)(C)C(C)(C)O3)cccc12.C[C@@H]1CCC[C@H](C)N1c1ccc(-c2cnc3c(Br)cnn3c2)cc1. The zero-order valence-corrected chi connectivity index (χ0v) is 51.1. The van der Waals surface area contributed by atoms with E-state index >= 15 is 0 Å². The summed E-state index contributed by atoms with van der Waals surface area (Å²) in [5, 5.41) is 12.5. The molecule has 0 aliphatic carbocycles. The first-order valence-corrected chi connectivity index (χ1v) is 29.9. The molecule has 3 aliphatic rings. The highest BCUT2D eigenvalue weighted by Gasteiger charge is 2.52. The van der Waals surface area contributed by atoms with Gasteiger partial charge in [-0.05, 0) is 190 Å². The van der Waals surface area contributed by atoms with Crippen LogP contribution in [0.3, 0.4) is 0 Å². The number of esters is 2. The van der Waals surface area contributed by atoms with Crippen LogP contribution in [0.1, 0.15) is 115 Å². The van der Waals surface area contributed by atoms with Crippen LogP contribution < -0.4 is 15.3 Å². The number of carbonyl (C=O) groups excluding carboxylic acids is 2. The number of anilines is 2. The number of nitrogens with zero attached hydrogens (tertiary/aromatic N) is 8. The number of fused-ring (bicyclic) bond motifs is 4. The van der Waals surface area contributed by atoms with Gasteiger partial charge in [-0.3, -0.25) is 0 Å². The fourth-order valence-electron chi connectivity index (χ4n) is 12.4. The Hall–Kier alpha value is -7.92. The average molecular weight is 1190 g/mol. The molecule has 3 fully saturated rings. The molecule has 0 spiro atoms. The van der Waals surface area contributed by atoms with Crippen LogP contribution in [0.4, 0.5) is 11.4 Å². The normalized spacial score (nSPS) is 19.2. The fraction of sp³-hybridized carbons (Fsp3) is 0.324.